The van der Waals surface area contributed by atoms with Gasteiger partial charge in [-0.3, -0.25) is 9.52 Å². The Morgan fingerprint density at radius 1 is 0.968 bits per heavy atom. The van der Waals surface area contributed by atoms with Crippen molar-refractivity contribution in [3.8, 4) is 11.5 Å². The van der Waals surface area contributed by atoms with Crippen molar-refractivity contribution in [1.29, 1.82) is 0 Å². The Morgan fingerprint density at radius 3 is 2.58 bits per heavy atom. The lowest BCUT2D eigenvalue weighted by Gasteiger charge is -2.14. The Bertz CT molecular complexity index is 1250. The molecule has 0 saturated carbocycles. The van der Waals surface area contributed by atoms with Crippen LogP contribution in [-0.2, 0) is 16.6 Å². The third-order valence-electron chi connectivity index (χ3n) is 4.94. The minimum atomic E-state index is -3.86. The van der Waals surface area contributed by atoms with Gasteiger partial charge in [0.1, 0.15) is 0 Å². The second-order valence-electron chi connectivity index (χ2n) is 7.29. The molecule has 4 rings (SSSR count). The number of aryl methyl sites for hydroxylation is 2. The van der Waals surface area contributed by atoms with Crippen molar-refractivity contribution < 1.29 is 22.7 Å². The monoisotopic (exact) mass is 438 g/mol. The van der Waals surface area contributed by atoms with Gasteiger partial charge < -0.3 is 14.8 Å². The summed E-state index contributed by atoms with van der Waals surface area (Å²) in [5.41, 5.74) is 2.75. The van der Waals surface area contributed by atoms with E-state index in [1.54, 1.807) is 55.5 Å². The van der Waals surface area contributed by atoms with Crippen LogP contribution in [0.4, 0.5) is 5.69 Å². The minimum absolute atomic E-state index is 0.180. The summed E-state index contributed by atoms with van der Waals surface area (Å²) in [6.45, 7) is 4.00. The molecular weight excluding hydrogens is 416 g/mol. The Balaban J connectivity index is 1.52. The van der Waals surface area contributed by atoms with E-state index in [0.717, 1.165) is 11.1 Å². The van der Waals surface area contributed by atoms with E-state index in [4.69, 9.17) is 9.47 Å². The second-order valence-corrected chi connectivity index (χ2v) is 8.94. The first-order valence-corrected chi connectivity index (χ1v) is 11.2. The zero-order valence-corrected chi connectivity index (χ0v) is 18.0. The van der Waals surface area contributed by atoms with Crippen LogP contribution in [-0.4, -0.2) is 21.1 Å². The fourth-order valence-corrected chi connectivity index (χ4v) is 4.71. The zero-order chi connectivity index (χ0) is 22.0. The van der Waals surface area contributed by atoms with Gasteiger partial charge in [-0.25, -0.2) is 8.42 Å². The lowest BCUT2D eigenvalue weighted by atomic mass is 10.1. The van der Waals surface area contributed by atoms with E-state index in [0.29, 0.717) is 17.1 Å². The maximum atomic E-state index is 13.0. The van der Waals surface area contributed by atoms with Crippen molar-refractivity contribution in [2.75, 3.05) is 11.5 Å². The SMILES string of the molecule is Cc1ccc(C)c(S(=O)(=O)Nc2ccccc2C(=O)NCc2ccc3c(c2)OCO3)c1. The van der Waals surface area contributed by atoms with E-state index in [1.807, 2.05) is 19.1 Å². The fraction of sp³-hybridized carbons (Fsp3) is 0.174. The Labute approximate surface area is 181 Å². The molecule has 1 heterocycles. The van der Waals surface area contributed by atoms with E-state index in [1.165, 1.54) is 0 Å². The van der Waals surface area contributed by atoms with Crippen LogP contribution in [0.25, 0.3) is 0 Å². The molecule has 0 aliphatic carbocycles. The van der Waals surface area contributed by atoms with Crippen LogP contribution in [0, 0.1) is 13.8 Å². The van der Waals surface area contributed by atoms with E-state index in [9.17, 15) is 13.2 Å². The number of nitrogens with one attached hydrogen (secondary N) is 2. The van der Waals surface area contributed by atoms with Crippen molar-refractivity contribution in [2.24, 2.45) is 0 Å². The zero-order valence-electron chi connectivity index (χ0n) is 17.1. The average Bonchev–Trinajstić information content (AvgIpc) is 3.21. The molecule has 3 aromatic rings. The molecular formula is C23H22N2O5S. The average molecular weight is 439 g/mol. The van der Waals surface area contributed by atoms with E-state index >= 15 is 0 Å². The van der Waals surface area contributed by atoms with Crippen molar-refractivity contribution in [1.82, 2.24) is 5.32 Å². The molecule has 0 unspecified atom stereocenters. The largest absolute Gasteiger partial charge is 0.454 e. The summed E-state index contributed by atoms with van der Waals surface area (Å²) in [5, 5.41) is 2.82. The van der Waals surface area contributed by atoms with E-state index in [-0.39, 0.29) is 29.5 Å². The summed E-state index contributed by atoms with van der Waals surface area (Å²) < 4.78 is 39.1. The third kappa shape index (κ3) is 4.49. The summed E-state index contributed by atoms with van der Waals surface area (Å²) in [4.78, 5) is 13.0. The molecule has 7 nitrogen and oxygen atoms in total. The van der Waals surface area contributed by atoms with Gasteiger partial charge in [0, 0.05) is 6.54 Å². The molecule has 0 bridgehead atoms. The van der Waals surface area contributed by atoms with Gasteiger partial charge in [0.05, 0.1) is 16.1 Å². The van der Waals surface area contributed by atoms with Gasteiger partial charge in [-0.2, -0.15) is 0 Å². The standard InChI is InChI=1S/C23H22N2O5S/c1-15-7-8-16(2)22(11-15)31(27,28)25-19-6-4-3-5-18(19)23(26)24-13-17-9-10-20-21(12-17)30-14-29-20/h3-12,25H,13-14H2,1-2H3,(H,24,26). The van der Waals surface area contributed by atoms with Gasteiger partial charge in [0.15, 0.2) is 11.5 Å². The predicted molar refractivity (Wildman–Crippen MR) is 117 cm³/mol. The lowest BCUT2D eigenvalue weighted by molar-refractivity contribution is 0.0951. The summed E-state index contributed by atoms with van der Waals surface area (Å²) in [6, 6.07) is 17.2. The van der Waals surface area contributed by atoms with Crippen LogP contribution >= 0.6 is 0 Å². The van der Waals surface area contributed by atoms with E-state index in [2.05, 4.69) is 10.0 Å². The smallest absolute Gasteiger partial charge is 0.262 e. The number of hydrogen-bond acceptors (Lipinski definition) is 5. The molecule has 1 aliphatic rings. The highest BCUT2D eigenvalue weighted by atomic mass is 32.2. The second kappa shape index (κ2) is 8.31. The molecule has 1 amide bonds. The molecule has 2 N–H and O–H groups in total. The number of hydrogen-bond donors (Lipinski definition) is 2. The number of para-hydroxylation sites is 1. The molecule has 0 atom stereocenters. The highest BCUT2D eigenvalue weighted by Crippen LogP contribution is 2.32. The topological polar surface area (TPSA) is 93.7 Å². The molecule has 31 heavy (non-hydrogen) atoms. The molecule has 0 aromatic heterocycles. The van der Waals surface area contributed by atoms with Crippen molar-refractivity contribution >= 4 is 21.6 Å². The summed E-state index contributed by atoms with van der Waals surface area (Å²) in [7, 11) is -3.86. The number of anilines is 1. The lowest BCUT2D eigenvalue weighted by Crippen LogP contribution is -2.25. The van der Waals surface area contributed by atoms with Gasteiger partial charge in [-0.1, -0.05) is 30.3 Å². The summed E-state index contributed by atoms with van der Waals surface area (Å²) >= 11 is 0. The third-order valence-corrected chi connectivity index (χ3v) is 6.45. The number of sulfonamides is 1. The maximum Gasteiger partial charge on any atom is 0.262 e. The number of benzene rings is 3. The first kappa shape index (κ1) is 20.7. The van der Waals surface area contributed by atoms with Crippen LogP contribution in [0.3, 0.4) is 0 Å². The van der Waals surface area contributed by atoms with Gasteiger partial charge in [-0.15, -0.1) is 0 Å². The number of rotatable bonds is 6. The van der Waals surface area contributed by atoms with Crippen LogP contribution in [0.5, 0.6) is 11.5 Å². The molecule has 8 heteroatoms. The summed E-state index contributed by atoms with van der Waals surface area (Å²) in [5.74, 6) is 0.909. The normalized spacial score (nSPS) is 12.5. The van der Waals surface area contributed by atoms with Gasteiger partial charge in [0.25, 0.3) is 15.9 Å². The van der Waals surface area contributed by atoms with E-state index < -0.39 is 15.9 Å². The number of amides is 1. The number of carbonyl (C=O) groups is 1. The van der Waals surface area contributed by atoms with Crippen LogP contribution < -0.4 is 19.5 Å². The Morgan fingerprint density at radius 2 is 1.74 bits per heavy atom. The first-order valence-electron chi connectivity index (χ1n) is 9.69. The summed E-state index contributed by atoms with van der Waals surface area (Å²) in [6.07, 6.45) is 0. The highest BCUT2D eigenvalue weighted by molar-refractivity contribution is 7.92. The molecule has 1 aliphatic heterocycles. The Kier molecular flexibility index (Phi) is 5.56. The molecule has 3 aromatic carbocycles. The van der Waals surface area contributed by atoms with Gasteiger partial charge >= 0.3 is 0 Å². The molecule has 0 spiro atoms. The van der Waals surface area contributed by atoms with Gasteiger partial charge in [0.2, 0.25) is 6.79 Å². The quantitative estimate of drug-likeness (QED) is 0.611. The molecule has 0 fully saturated rings. The Hall–Kier alpha value is -3.52. The first-order chi connectivity index (χ1) is 14.8. The van der Waals surface area contributed by atoms with Crippen molar-refractivity contribution in [2.45, 2.75) is 25.3 Å². The highest BCUT2D eigenvalue weighted by Gasteiger charge is 2.21. The van der Waals surface area contributed by atoms with Crippen molar-refractivity contribution in [3.05, 3.63) is 82.9 Å². The number of fused-ring (bicyclic) bond motifs is 1. The number of ether oxygens (including phenoxy) is 2. The number of carbonyl (C=O) groups excluding carboxylic acids is 1. The fourth-order valence-electron chi connectivity index (χ4n) is 3.30. The van der Waals surface area contributed by atoms with Crippen LogP contribution in [0.2, 0.25) is 0 Å². The minimum Gasteiger partial charge on any atom is -0.454 e. The maximum absolute atomic E-state index is 13.0. The molecule has 0 radical (unpaired) electrons. The van der Waals surface area contributed by atoms with Crippen LogP contribution in [0.15, 0.2) is 65.6 Å². The van der Waals surface area contributed by atoms with Crippen molar-refractivity contribution in [3.63, 3.8) is 0 Å². The van der Waals surface area contributed by atoms with Gasteiger partial charge in [-0.05, 0) is 60.9 Å². The van der Waals surface area contributed by atoms with Crippen LogP contribution in [0.1, 0.15) is 27.0 Å². The molecule has 160 valence electrons. The molecule has 0 saturated heterocycles. The predicted octanol–water partition coefficient (Wildman–Crippen LogP) is 3.76.